The Labute approximate surface area is 167 Å². The molecular weight excluding hydrogens is 377 g/mol. The van der Waals surface area contributed by atoms with E-state index < -0.39 is 0 Å². The number of halogens is 1. The topological polar surface area (TPSA) is 54.3 Å². The summed E-state index contributed by atoms with van der Waals surface area (Å²) in [7, 11) is 0. The number of carbonyl (C=O) groups is 1. The first-order valence-corrected chi connectivity index (χ1v) is 10.0. The van der Waals surface area contributed by atoms with Crippen LogP contribution in [0, 0.1) is 5.82 Å². The molecule has 1 amide bonds. The number of amides is 1. The molecule has 2 aromatic heterocycles. The third-order valence-corrected chi connectivity index (χ3v) is 5.63. The van der Waals surface area contributed by atoms with Crippen LogP contribution >= 0.6 is 11.8 Å². The van der Waals surface area contributed by atoms with Crippen molar-refractivity contribution < 1.29 is 9.18 Å². The lowest BCUT2D eigenvalue weighted by Gasteiger charge is -2.36. The average molecular weight is 397 g/mol. The van der Waals surface area contributed by atoms with Crippen molar-refractivity contribution in [2.45, 2.75) is 5.16 Å². The summed E-state index contributed by atoms with van der Waals surface area (Å²) in [6, 6.07) is 10.3. The first-order chi connectivity index (χ1) is 13.7. The Morgan fingerprint density at radius 1 is 1.04 bits per heavy atom. The highest BCUT2D eigenvalue weighted by molar-refractivity contribution is 7.99. The second kappa shape index (κ2) is 8.43. The molecule has 8 heteroatoms. The van der Waals surface area contributed by atoms with E-state index in [1.807, 2.05) is 23.1 Å². The zero-order valence-corrected chi connectivity index (χ0v) is 16.1. The number of pyridine rings is 1. The molecule has 0 radical (unpaired) electrons. The Bertz CT molecular complexity index is 941. The summed E-state index contributed by atoms with van der Waals surface area (Å²) in [5.74, 6) is 0.0974. The van der Waals surface area contributed by atoms with E-state index in [0.717, 1.165) is 18.8 Å². The Balaban J connectivity index is 1.33. The Morgan fingerprint density at radius 2 is 1.82 bits per heavy atom. The largest absolute Gasteiger partial charge is 0.368 e. The minimum absolute atomic E-state index is 0.0909. The van der Waals surface area contributed by atoms with Gasteiger partial charge in [0.2, 0.25) is 5.91 Å². The number of carbonyl (C=O) groups excluding carboxylic acids is 1. The Kier molecular flexibility index (Phi) is 5.57. The van der Waals surface area contributed by atoms with Gasteiger partial charge >= 0.3 is 0 Å². The molecule has 144 valence electrons. The lowest BCUT2D eigenvalue weighted by atomic mass is 10.2. The molecule has 0 N–H and O–H groups in total. The maximum atomic E-state index is 13.5. The molecule has 1 saturated heterocycles. The van der Waals surface area contributed by atoms with E-state index in [9.17, 15) is 9.18 Å². The number of hydrogen-bond donors (Lipinski definition) is 0. The van der Waals surface area contributed by atoms with Gasteiger partial charge in [-0.05, 0) is 30.3 Å². The normalized spacial score (nSPS) is 14.3. The lowest BCUT2D eigenvalue weighted by Crippen LogP contribution is -2.49. The molecule has 1 aliphatic heterocycles. The molecule has 1 aliphatic rings. The zero-order valence-electron chi connectivity index (χ0n) is 15.2. The number of anilines is 1. The minimum atomic E-state index is -0.301. The smallest absolute Gasteiger partial charge is 0.233 e. The summed E-state index contributed by atoms with van der Waals surface area (Å²) in [5, 5.41) is 0.675. The summed E-state index contributed by atoms with van der Waals surface area (Å²) in [5.41, 5.74) is 1.83. The van der Waals surface area contributed by atoms with Crippen LogP contribution in [-0.2, 0) is 4.79 Å². The fourth-order valence-corrected chi connectivity index (χ4v) is 4.08. The molecular formula is C20H20FN5OS. The first kappa shape index (κ1) is 18.5. The molecule has 3 aromatic rings. The summed E-state index contributed by atoms with van der Waals surface area (Å²) in [4.78, 5) is 25.1. The number of aromatic nitrogens is 3. The number of rotatable bonds is 5. The maximum absolute atomic E-state index is 13.5. The summed E-state index contributed by atoms with van der Waals surface area (Å²) < 4.78 is 15.3. The van der Waals surface area contributed by atoms with Crippen molar-refractivity contribution in [3.05, 3.63) is 67.0 Å². The van der Waals surface area contributed by atoms with E-state index >= 15 is 0 Å². The van der Waals surface area contributed by atoms with Crippen molar-refractivity contribution in [2.75, 3.05) is 36.8 Å². The number of hydrogen-bond acceptors (Lipinski definition) is 5. The Morgan fingerprint density at radius 3 is 2.57 bits per heavy atom. The molecule has 0 spiro atoms. The predicted molar refractivity (Wildman–Crippen MR) is 107 cm³/mol. The van der Waals surface area contributed by atoms with Gasteiger partial charge < -0.3 is 9.80 Å². The van der Waals surface area contributed by atoms with Gasteiger partial charge in [0.15, 0.2) is 5.16 Å². The molecule has 0 unspecified atom stereocenters. The van der Waals surface area contributed by atoms with Gasteiger partial charge in [-0.2, -0.15) is 0 Å². The van der Waals surface area contributed by atoms with Crippen LogP contribution in [0.25, 0.3) is 5.69 Å². The van der Waals surface area contributed by atoms with Crippen LogP contribution in [0.2, 0.25) is 0 Å². The highest BCUT2D eigenvalue weighted by Crippen LogP contribution is 2.22. The van der Waals surface area contributed by atoms with Gasteiger partial charge in [0.05, 0.1) is 11.4 Å². The van der Waals surface area contributed by atoms with E-state index in [4.69, 9.17) is 0 Å². The molecule has 0 saturated carbocycles. The molecule has 0 bridgehead atoms. The van der Waals surface area contributed by atoms with Crippen molar-refractivity contribution in [3.63, 3.8) is 0 Å². The molecule has 1 aromatic carbocycles. The Hall–Kier alpha value is -2.87. The molecule has 0 aliphatic carbocycles. The number of thioether (sulfide) groups is 1. The molecule has 3 heterocycles. The minimum Gasteiger partial charge on any atom is -0.368 e. The SMILES string of the molecule is O=C(CSc1nccn1-c1cccc(F)c1)N1CCN(c2ccncc2)CC1. The highest BCUT2D eigenvalue weighted by atomic mass is 32.2. The van der Waals surface area contributed by atoms with Crippen LogP contribution in [0.4, 0.5) is 10.1 Å². The number of imidazole rings is 1. The van der Waals surface area contributed by atoms with Crippen LogP contribution in [0.3, 0.4) is 0 Å². The number of piperazine rings is 1. The second-order valence-corrected chi connectivity index (χ2v) is 7.36. The van der Waals surface area contributed by atoms with E-state index in [-0.39, 0.29) is 11.7 Å². The number of nitrogens with zero attached hydrogens (tertiary/aromatic N) is 5. The van der Waals surface area contributed by atoms with Gasteiger partial charge in [-0.25, -0.2) is 9.37 Å². The monoisotopic (exact) mass is 397 g/mol. The van der Waals surface area contributed by atoms with Gasteiger partial charge in [-0.1, -0.05) is 17.8 Å². The fourth-order valence-electron chi connectivity index (χ4n) is 3.21. The number of benzene rings is 1. The summed E-state index contributed by atoms with van der Waals surface area (Å²) in [6.07, 6.45) is 6.99. The third-order valence-electron chi connectivity index (χ3n) is 4.68. The average Bonchev–Trinajstić information content (AvgIpc) is 3.21. The fraction of sp³-hybridized carbons (Fsp3) is 0.250. The van der Waals surface area contributed by atoms with Crippen molar-refractivity contribution in [1.82, 2.24) is 19.4 Å². The van der Waals surface area contributed by atoms with Crippen molar-refractivity contribution in [1.29, 1.82) is 0 Å². The van der Waals surface area contributed by atoms with Crippen LogP contribution in [0.1, 0.15) is 0 Å². The van der Waals surface area contributed by atoms with E-state index in [1.165, 1.54) is 23.9 Å². The van der Waals surface area contributed by atoms with Gasteiger partial charge in [-0.3, -0.25) is 14.3 Å². The quantitative estimate of drug-likeness (QED) is 0.620. The van der Waals surface area contributed by atoms with Crippen LogP contribution < -0.4 is 4.90 Å². The highest BCUT2D eigenvalue weighted by Gasteiger charge is 2.22. The van der Waals surface area contributed by atoms with Gasteiger partial charge in [0, 0.05) is 56.7 Å². The molecule has 0 atom stereocenters. The van der Waals surface area contributed by atoms with Crippen molar-refractivity contribution >= 4 is 23.4 Å². The van der Waals surface area contributed by atoms with Crippen LogP contribution in [0.5, 0.6) is 0 Å². The zero-order chi connectivity index (χ0) is 19.3. The molecule has 28 heavy (non-hydrogen) atoms. The molecule has 6 nitrogen and oxygen atoms in total. The standard InChI is InChI=1S/C20H20FN5OS/c21-16-2-1-3-18(14-16)26-9-8-23-20(26)28-15-19(27)25-12-10-24(11-13-25)17-4-6-22-7-5-17/h1-9,14H,10-13,15H2. The first-order valence-electron chi connectivity index (χ1n) is 9.05. The predicted octanol–water partition coefficient (Wildman–Crippen LogP) is 2.85. The van der Waals surface area contributed by atoms with Gasteiger partial charge in [0.25, 0.3) is 0 Å². The second-order valence-electron chi connectivity index (χ2n) is 6.42. The van der Waals surface area contributed by atoms with Gasteiger partial charge in [-0.15, -0.1) is 0 Å². The van der Waals surface area contributed by atoms with Gasteiger partial charge in [0.1, 0.15) is 5.82 Å². The summed E-state index contributed by atoms with van der Waals surface area (Å²) in [6.45, 7) is 3.00. The van der Waals surface area contributed by atoms with Crippen molar-refractivity contribution in [3.8, 4) is 5.69 Å². The van der Waals surface area contributed by atoms with E-state index in [0.29, 0.717) is 29.7 Å². The van der Waals surface area contributed by atoms with E-state index in [1.54, 1.807) is 35.4 Å². The van der Waals surface area contributed by atoms with E-state index in [2.05, 4.69) is 14.9 Å². The lowest BCUT2D eigenvalue weighted by molar-refractivity contribution is -0.128. The van der Waals surface area contributed by atoms with Crippen LogP contribution in [0.15, 0.2) is 66.3 Å². The summed E-state index contributed by atoms with van der Waals surface area (Å²) >= 11 is 1.37. The molecule has 4 rings (SSSR count). The third kappa shape index (κ3) is 4.17. The maximum Gasteiger partial charge on any atom is 0.233 e. The van der Waals surface area contributed by atoms with Crippen LogP contribution in [-0.4, -0.2) is 57.3 Å². The van der Waals surface area contributed by atoms with Crippen molar-refractivity contribution in [2.24, 2.45) is 0 Å². The molecule has 1 fully saturated rings.